The number of carbonyl (C=O) groups is 2. The van der Waals surface area contributed by atoms with E-state index in [2.05, 4.69) is 0 Å². The van der Waals surface area contributed by atoms with Gasteiger partial charge >= 0.3 is 5.97 Å². The van der Waals surface area contributed by atoms with Crippen LogP contribution in [0.15, 0.2) is 72.8 Å². The summed E-state index contributed by atoms with van der Waals surface area (Å²) in [4.78, 5) is 25.3. The summed E-state index contributed by atoms with van der Waals surface area (Å²) < 4.78 is 32.5. The van der Waals surface area contributed by atoms with E-state index in [-0.39, 0.29) is 31.0 Å². The zero-order valence-corrected chi connectivity index (χ0v) is 16.6. The van der Waals surface area contributed by atoms with E-state index in [9.17, 15) is 23.5 Å². The van der Waals surface area contributed by atoms with Gasteiger partial charge in [0, 0.05) is 12.1 Å². The highest BCUT2D eigenvalue weighted by Crippen LogP contribution is 2.18. The van der Waals surface area contributed by atoms with Crippen LogP contribution in [0, 0.1) is 11.6 Å². The molecule has 0 heterocycles. The number of ether oxygens (including phenoxy) is 1. The zero-order valence-electron chi connectivity index (χ0n) is 16.6. The van der Waals surface area contributed by atoms with E-state index in [1.165, 1.54) is 24.3 Å². The predicted molar refractivity (Wildman–Crippen MR) is 111 cm³/mol. The molecule has 0 aliphatic carbocycles. The maximum absolute atomic E-state index is 13.9. The second-order valence-corrected chi connectivity index (χ2v) is 6.90. The van der Waals surface area contributed by atoms with E-state index in [1.54, 1.807) is 48.5 Å². The molecule has 0 bridgehead atoms. The first-order valence-electron chi connectivity index (χ1n) is 9.64. The topological polar surface area (TPSA) is 66.8 Å². The van der Waals surface area contributed by atoms with Gasteiger partial charge in [-0.15, -0.1) is 0 Å². The van der Waals surface area contributed by atoms with Crippen LogP contribution in [0.2, 0.25) is 0 Å². The molecule has 0 saturated heterocycles. The Morgan fingerprint density at radius 2 is 1.68 bits per heavy atom. The smallest absolute Gasteiger partial charge is 0.323 e. The normalized spacial score (nSPS) is 10.5. The molecule has 0 aliphatic heterocycles. The molecule has 0 unspecified atom stereocenters. The molecule has 0 atom stereocenters. The van der Waals surface area contributed by atoms with Crippen molar-refractivity contribution in [3.63, 3.8) is 0 Å². The third kappa shape index (κ3) is 6.37. The van der Waals surface area contributed by atoms with Gasteiger partial charge in [0.05, 0.1) is 0 Å². The van der Waals surface area contributed by atoms with Gasteiger partial charge in [0.1, 0.15) is 30.5 Å². The van der Waals surface area contributed by atoms with E-state index >= 15 is 0 Å². The molecule has 0 aliphatic rings. The minimum atomic E-state index is -1.16. The van der Waals surface area contributed by atoms with Crippen molar-refractivity contribution >= 4 is 11.9 Å². The molecular weight excluding hydrogens is 404 g/mol. The van der Waals surface area contributed by atoms with E-state index < -0.39 is 24.2 Å². The molecule has 3 aromatic carbocycles. The SMILES string of the molecule is O=C(O)CN(CCc1ccccc1F)C(=O)c1cccc(OCc2ccc(F)cc2)c1. The number of hydrogen-bond acceptors (Lipinski definition) is 3. The molecular formula is C24H21F2NO4. The fraction of sp³-hybridized carbons (Fsp3) is 0.167. The Labute approximate surface area is 178 Å². The largest absolute Gasteiger partial charge is 0.489 e. The summed E-state index contributed by atoms with van der Waals surface area (Å²) in [6.07, 6.45) is 0.187. The highest BCUT2D eigenvalue weighted by molar-refractivity contribution is 5.96. The van der Waals surface area contributed by atoms with Crippen LogP contribution >= 0.6 is 0 Å². The standard InChI is InChI=1S/C24H21F2NO4/c25-20-10-8-17(9-11-20)16-31-21-6-3-5-19(14-21)24(30)27(15-23(28)29)13-12-18-4-1-2-7-22(18)26/h1-11,14H,12-13,15-16H2,(H,28,29). The number of hydrogen-bond donors (Lipinski definition) is 1. The fourth-order valence-electron chi connectivity index (χ4n) is 3.02. The Kier molecular flexibility index (Phi) is 7.32. The van der Waals surface area contributed by atoms with Crippen molar-refractivity contribution in [2.45, 2.75) is 13.0 Å². The van der Waals surface area contributed by atoms with E-state index in [1.807, 2.05) is 0 Å². The number of carboxylic acid groups (broad SMARTS) is 1. The van der Waals surface area contributed by atoms with Crippen LogP contribution in [0.4, 0.5) is 8.78 Å². The summed E-state index contributed by atoms with van der Waals surface area (Å²) >= 11 is 0. The average Bonchev–Trinajstić information content (AvgIpc) is 2.76. The molecule has 3 aromatic rings. The highest BCUT2D eigenvalue weighted by Gasteiger charge is 2.19. The van der Waals surface area contributed by atoms with Crippen LogP contribution in [-0.4, -0.2) is 35.0 Å². The first-order valence-corrected chi connectivity index (χ1v) is 9.64. The fourth-order valence-corrected chi connectivity index (χ4v) is 3.02. The molecule has 3 rings (SSSR count). The van der Waals surface area contributed by atoms with E-state index in [0.29, 0.717) is 11.3 Å². The van der Waals surface area contributed by atoms with Crippen molar-refractivity contribution in [2.24, 2.45) is 0 Å². The first kappa shape index (κ1) is 22.0. The molecule has 5 nitrogen and oxygen atoms in total. The maximum atomic E-state index is 13.9. The number of rotatable bonds is 9. The van der Waals surface area contributed by atoms with Crippen LogP contribution in [0.25, 0.3) is 0 Å². The van der Waals surface area contributed by atoms with Crippen LogP contribution in [0.5, 0.6) is 5.75 Å². The number of carbonyl (C=O) groups excluding carboxylic acids is 1. The summed E-state index contributed by atoms with van der Waals surface area (Å²) in [5.41, 5.74) is 1.42. The number of carboxylic acids is 1. The van der Waals surface area contributed by atoms with Crippen LogP contribution in [0.3, 0.4) is 0 Å². The number of benzene rings is 3. The lowest BCUT2D eigenvalue weighted by atomic mass is 10.1. The van der Waals surface area contributed by atoms with E-state index in [4.69, 9.17) is 4.74 Å². The Balaban J connectivity index is 1.69. The predicted octanol–water partition coefficient (Wildman–Crippen LogP) is 4.31. The monoisotopic (exact) mass is 425 g/mol. The summed E-state index contributed by atoms with van der Waals surface area (Å²) in [7, 11) is 0. The third-order valence-electron chi connectivity index (χ3n) is 4.62. The molecule has 160 valence electrons. The second-order valence-electron chi connectivity index (χ2n) is 6.90. The van der Waals surface area contributed by atoms with Gasteiger partial charge in [-0.3, -0.25) is 9.59 Å². The highest BCUT2D eigenvalue weighted by atomic mass is 19.1. The maximum Gasteiger partial charge on any atom is 0.323 e. The Bertz CT molecular complexity index is 1050. The summed E-state index contributed by atoms with van der Waals surface area (Å²) in [6, 6.07) is 18.4. The number of halogens is 2. The summed E-state index contributed by atoms with van der Waals surface area (Å²) in [5.74, 6) is -1.98. The van der Waals surface area contributed by atoms with Gasteiger partial charge in [0.2, 0.25) is 0 Å². The summed E-state index contributed by atoms with van der Waals surface area (Å²) in [6.45, 7) is -0.273. The lowest BCUT2D eigenvalue weighted by Crippen LogP contribution is -2.37. The molecule has 1 amide bonds. The van der Waals surface area contributed by atoms with Gasteiger partial charge in [0.15, 0.2) is 0 Å². The molecule has 0 saturated carbocycles. The molecule has 1 N–H and O–H groups in total. The van der Waals surface area contributed by atoms with Gasteiger partial charge in [-0.05, 0) is 53.9 Å². The molecule has 0 radical (unpaired) electrons. The van der Waals surface area contributed by atoms with Gasteiger partial charge in [-0.1, -0.05) is 36.4 Å². The van der Waals surface area contributed by atoms with Crippen molar-refractivity contribution in [3.8, 4) is 5.75 Å². The number of nitrogens with zero attached hydrogens (tertiary/aromatic N) is 1. The van der Waals surface area contributed by atoms with Crippen molar-refractivity contribution in [1.29, 1.82) is 0 Å². The minimum absolute atomic E-state index is 0.0483. The van der Waals surface area contributed by atoms with Gasteiger partial charge < -0.3 is 14.7 Å². The molecule has 31 heavy (non-hydrogen) atoms. The van der Waals surface area contributed by atoms with Gasteiger partial charge in [0.25, 0.3) is 5.91 Å². The van der Waals surface area contributed by atoms with Crippen molar-refractivity contribution in [1.82, 2.24) is 4.90 Å². The molecule has 0 aromatic heterocycles. The molecule has 0 spiro atoms. The average molecular weight is 425 g/mol. The molecule has 0 fully saturated rings. The first-order chi connectivity index (χ1) is 14.9. The Morgan fingerprint density at radius 1 is 0.935 bits per heavy atom. The zero-order chi connectivity index (χ0) is 22.2. The second kappa shape index (κ2) is 10.3. The lowest BCUT2D eigenvalue weighted by Gasteiger charge is -2.21. The minimum Gasteiger partial charge on any atom is -0.489 e. The van der Waals surface area contributed by atoms with Crippen molar-refractivity contribution < 1.29 is 28.2 Å². The van der Waals surface area contributed by atoms with Gasteiger partial charge in [-0.25, -0.2) is 8.78 Å². The third-order valence-corrected chi connectivity index (χ3v) is 4.62. The van der Waals surface area contributed by atoms with Crippen molar-refractivity contribution in [2.75, 3.05) is 13.1 Å². The summed E-state index contributed by atoms with van der Waals surface area (Å²) in [5, 5.41) is 9.20. The Hall–Kier alpha value is -3.74. The lowest BCUT2D eigenvalue weighted by molar-refractivity contribution is -0.137. The molecule has 7 heteroatoms. The van der Waals surface area contributed by atoms with Crippen LogP contribution in [0.1, 0.15) is 21.5 Å². The number of amides is 1. The van der Waals surface area contributed by atoms with E-state index in [0.717, 1.165) is 10.5 Å². The number of aliphatic carboxylic acids is 1. The Morgan fingerprint density at radius 3 is 2.39 bits per heavy atom. The van der Waals surface area contributed by atoms with Crippen LogP contribution in [-0.2, 0) is 17.8 Å². The quantitative estimate of drug-likeness (QED) is 0.555. The van der Waals surface area contributed by atoms with Crippen molar-refractivity contribution in [3.05, 3.63) is 101 Å². The van der Waals surface area contributed by atoms with Crippen LogP contribution < -0.4 is 4.74 Å². The van der Waals surface area contributed by atoms with Gasteiger partial charge in [-0.2, -0.15) is 0 Å².